The summed E-state index contributed by atoms with van der Waals surface area (Å²) >= 11 is 0. The zero-order chi connectivity index (χ0) is 18.4. The third-order valence-corrected chi connectivity index (χ3v) is 4.47. The number of nitrogens with one attached hydrogen (secondary N) is 2. The molecule has 26 heavy (non-hydrogen) atoms. The summed E-state index contributed by atoms with van der Waals surface area (Å²) in [6.45, 7) is 2.96. The van der Waals surface area contributed by atoms with E-state index < -0.39 is 0 Å². The minimum absolute atomic E-state index is 0.106. The zero-order valence-corrected chi connectivity index (χ0v) is 15.3. The van der Waals surface area contributed by atoms with Crippen LogP contribution in [0.15, 0.2) is 36.5 Å². The Labute approximate surface area is 153 Å². The first-order valence-electron chi connectivity index (χ1n) is 8.99. The number of anilines is 1. The molecule has 0 radical (unpaired) electrons. The van der Waals surface area contributed by atoms with Gasteiger partial charge in [-0.2, -0.15) is 5.10 Å². The van der Waals surface area contributed by atoms with Gasteiger partial charge in [-0.1, -0.05) is 18.2 Å². The van der Waals surface area contributed by atoms with Gasteiger partial charge in [0.1, 0.15) is 5.75 Å². The number of carbonyl (C=O) groups excluding carboxylic acids is 1. The normalized spacial score (nSPS) is 15.2. The van der Waals surface area contributed by atoms with Crippen molar-refractivity contribution in [2.24, 2.45) is 0 Å². The Bertz CT molecular complexity index is 727. The van der Waals surface area contributed by atoms with Gasteiger partial charge in [0.15, 0.2) is 5.82 Å². The highest BCUT2D eigenvalue weighted by Gasteiger charge is 2.20. The number of hydrogen-bond acceptors (Lipinski definition) is 4. The van der Waals surface area contributed by atoms with E-state index in [2.05, 4.69) is 15.7 Å². The minimum Gasteiger partial charge on any atom is -0.490 e. The molecule has 1 aromatic carbocycles. The van der Waals surface area contributed by atoms with Crippen molar-refractivity contribution >= 4 is 11.8 Å². The van der Waals surface area contributed by atoms with Gasteiger partial charge in [0.25, 0.3) is 0 Å². The lowest BCUT2D eigenvalue weighted by Crippen LogP contribution is -2.29. The van der Waals surface area contributed by atoms with Crippen LogP contribution >= 0.6 is 0 Å². The average Bonchev–Trinajstić information content (AvgIpc) is 3.06. The second-order valence-electron chi connectivity index (χ2n) is 6.57. The number of ether oxygens (including phenoxy) is 2. The number of aromatic nitrogens is 2. The molecule has 3 rings (SSSR count). The molecule has 1 fully saturated rings. The Morgan fingerprint density at radius 2 is 2.15 bits per heavy atom. The van der Waals surface area contributed by atoms with Crippen molar-refractivity contribution in [1.29, 1.82) is 0 Å². The monoisotopic (exact) mass is 358 g/mol. The van der Waals surface area contributed by atoms with Gasteiger partial charge in [-0.25, -0.2) is 4.79 Å². The first-order valence-corrected chi connectivity index (χ1v) is 8.99. The van der Waals surface area contributed by atoms with Crippen molar-refractivity contribution in [3.63, 3.8) is 0 Å². The van der Waals surface area contributed by atoms with Gasteiger partial charge in [-0.15, -0.1) is 0 Å². The fourth-order valence-electron chi connectivity index (χ4n) is 2.74. The molecule has 7 heteroatoms. The van der Waals surface area contributed by atoms with E-state index in [9.17, 15) is 4.79 Å². The van der Waals surface area contributed by atoms with Gasteiger partial charge in [0.2, 0.25) is 0 Å². The Kier molecular flexibility index (Phi) is 6.12. The Morgan fingerprint density at radius 3 is 2.88 bits per heavy atom. The number of urea groups is 1. The van der Waals surface area contributed by atoms with Crippen LogP contribution in [-0.4, -0.2) is 35.6 Å². The van der Waals surface area contributed by atoms with Crippen molar-refractivity contribution in [3.05, 3.63) is 42.1 Å². The standard InChI is InChI=1S/C19H26N4O3/c1-14(13-25-2)23-11-10-18(22-23)21-19(24)20-12-15-6-3-4-9-17(15)26-16-7-5-8-16/h3-4,6,9-11,14,16H,5,7-8,12-13H2,1-2H3,(H2,20,21,22,24)/t14-/m0/s1. The predicted octanol–water partition coefficient (Wildman–Crippen LogP) is 3.34. The number of carbonyl (C=O) groups is 1. The van der Waals surface area contributed by atoms with Crippen LogP contribution in [0.2, 0.25) is 0 Å². The Morgan fingerprint density at radius 1 is 1.35 bits per heavy atom. The lowest BCUT2D eigenvalue weighted by molar-refractivity contribution is 0.119. The van der Waals surface area contributed by atoms with Crippen LogP contribution in [0.3, 0.4) is 0 Å². The molecule has 2 amide bonds. The second-order valence-corrected chi connectivity index (χ2v) is 6.57. The van der Waals surface area contributed by atoms with Crippen LogP contribution in [0.4, 0.5) is 10.6 Å². The van der Waals surface area contributed by atoms with Gasteiger partial charge in [-0.05, 0) is 32.3 Å². The van der Waals surface area contributed by atoms with Crippen molar-refractivity contribution < 1.29 is 14.3 Å². The molecule has 140 valence electrons. The summed E-state index contributed by atoms with van der Waals surface area (Å²) in [7, 11) is 1.65. The van der Waals surface area contributed by atoms with Crippen LogP contribution in [-0.2, 0) is 11.3 Å². The number of nitrogens with zero attached hydrogens (tertiary/aromatic N) is 2. The summed E-state index contributed by atoms with van der Waals surface area (Å²) in [6.07, 6.45) is 5.56. The van der Waals surface area contributed by atoms with Gasteiger partial charge in [-0.3, -0.25) is 10.00 Å². The van der Waals surface area contributed by atoms with E-state index in [-0.39, 0.29) is 12.1 Å². The number of rotatable bonds is 8. The van der Waals surface area contributed by atoms with E-state index in [1.165, 1.54) is 6.42 Å². The summed E-state index contributed by atoms with van der Waals surface area (Å²) in [6, 6.07) is 9.38. The number of amides is 2. The first kappa shape index (κ1) is 18.3. The summed E-state index contributed by atoms with van der Waals surface area (Å²) in [5.74, 6) is 1.35. The minimum atomic E-state index is -0.298. The molecule has 1 aliphatic rings. The SMILES string of the molecule is COC[C@H](C)n1ccc(NC(=O)NCc2ccccc2OC2CCC2)n1. The third kappa shape index (κ3) is 4.76. The van der Waals surface area contributed by atoms with Gasteiger partial charge in [0.05, 0.1) is 18.8 Å². The predicted molar refractivity (Wildman–Crippen MR) is 99.4 cm³/mol. The molecule has 0 spiro atoms. The van der Waals surface area contributed by atoms with Crippen molar-refractivity contribution in [2.45, 2.75) is 44.9 Å². The summed E-state index contributed by atoms with van der Waals surface area (Å²) in [5, 5.41) is 9.94. The summed E-state index contributed by atoms with van der Waals surface area (Å²) in [5.41, 5.74) is 0.966. The van der Waals surface area contributed by atoms with Crippen LogP contribution in [0.5, 0.6) is 5.75 Å². The molecular formula is C19H26N4O3. The van der Waals surface area contributed by atoms with E-state index in [1.54, 1.807) is 17.9 Å². The third-order valence-electron chi connectivity index (χ3n) is 4.47. The Balaban J connectivity index is 1.51. The quantitative estimate of drug-likeness (QED) is 0.759. The molecule has 1 aliphatic carbocycles. The molecular weight excluding hydrogens is 332 g/mol. The molecule has 2 aromatic rings. The smallest absolute Gasteiger partial charge is 0.320 e. The molecule has 2 N–H and O–H groups in total. The van der Waals surface area contributed by atoms with Crippen LogP contribution in [0.25, 0.3) is 0 Å². The molecule has 1 atom stereocenters. The van der Waals surface area contributed by atoms with E-state index in [0.29, 0.717) is 25.1 Å². The number of methoxy groups -OCH3 is 1. The molecule has 1 saturated carbocycles. The molecule has 0 bridgehead atoms. The van der Waals surface area contributed by atoms with E-state index >= 15 is 0 Å². The van der Waals surface area contributed by atoms with Gasteiger partial charge >= 0.3 is 6.03 Å². The average molecular weight is 358 g/mol. The van der Waals surface area contributed by atoms with E-state index in [4.69, 9.17) is 9.47 Å². The maximum Gasteiger partial charge on any atom is 0.320 e. The fourth-order valence-corrected chi connectivity index (χ4v) is 2.74. The van der Waals surface area contributed by atoms with Crippen molar-refractivity contribution in [3.8, 4) is 5.75 Å². The van der Waals surface area contributed by atoms with Crippen LogP contribution in [0, 0.1) is 0 Å². The molecule has 7 nitrogen and oxygen atoms in total. The molecule has 1 heterocycles. The molecule has 1 aromatic heterocycles. The first-order chi connectivity index (χ1) is 12.7. The lowest BCUT2D eigenvalue weighted by Gasteiger charge is -2.27. The van der Waals surface area contributed by atoms with Crippen LogP contribution < -0.4 is 15.4 Å². The Hall–Kier alpha value is -2.54. The topological polar surface area (TPSA) is 77.4 Å². The highest BCUT2D eigenvalue weighted by molar-refractivity contribution is 5.88. The largest absolute Gasteiger partial charge is 0.490 e. The number of para-hydroxylation sites is 1. The lowest BCUT2D eigenvalue weighted by atomic mass is 9.96. The maximum atomic E-state index is 12.2. The highest BCUT2D eigenvalue weighted by atomic mass is 16.5. The number of benzene rings is 1. The summed E-state index contributed by atoms with van der Waals surface area (Å²) in [4.78, 5) is 12.2. The highest BCUT2D eigenvalue weighted by Crippen LogP contribution is 2.27. The molecule has 0 unspecified atom stereocenters. The van der Waals surface area contributed by atoms with Gasteiger partial charge < -0.3 is 14.8 Å². The van der Waals surface area contributed by atoms with Crippen molar-refractivity contribution in [1.82, 2.24) is 15.1 Å². The number of hydrogen-bond donors (Lipinski definition) is 2. The van der Waals surface area contributed by atoms with Crippen molar-refractivity contribution in [2.75, 3.05) is 19.0 Å². The molecule has 0 aliphatic heterocycles. The molecule has 0 saturated heterocycles. The van der Waals surface area contributed by atoms with E-state index in [1.807, 2.05) is 37.4 Å². The van der Waals surface area contributed by atoms with Gasteiger partial charge in [0, 0.05) is 31.5 Å². The maximum absolute atomic E-state index is 12.2. The zero-order valence-electron chi connectivity index (χ0n) is 15.3. The second kappa shape index (κ2) is 8.71. The van der Waals surface area contributed by atoms with E-state index in [0.717, 1.165) is 24.2 Å². The fraction of sp³-hybridized carbons (Fsp3) is 0.474. The summed E-state index contributed by atoms with van der Waals surface area (Å²) < 4.78 is 12.9. The van der Waals surface area contributed by atoms with Crippen LogP contribution in [0.1, 0.15) is 37.8 Å².